The van der Waals surface area contributed by atoms with Crippen molar-refractivity contribution in [1.29, 1.82) is 0 Å². The Kier molecular flexibility index (Phi) is 5.69. The molecule has 0 fully saturated rings. The molecule has 0 spiro atoms. The van der Waals surface area contributed by atoms with Crippen LogP contribution in [0.1, 0.15) is 31.2 Å². The van der Waals surface area contributed by atoms with E-state index in [9.17, 15) is 13.2 Å². The average Bonchev–Trinajstić information content (AvgIpc) is 2.35. The van der Waals surface area contributed by atoms with Crippen LogP contribution in [0.15, 0.2) is 30.3 Å². The maximum absolute atomic E-state index is 11.8. The zero-order chi connectivity index (χ0) is 14.5. The second kappa shape index (κ2) is 6.82. The monoisotopic (exact) mass is 283 g/mol. The highest BCUT2D eigenvalue weighted by Gasteiger charge is 2.19. The van der Waals surface area contributed by atoms with Gasteiger partial charge in [-0.1, -0.05) is 30.3 Å². The lowest BCUT2D eigenvalue weighted by Gasteiger charge is -2.18. The van der Waals surface area contributed by atoms with Gasteiger partial charge in [-0.05, 0) is 24.8 Å². The van der Waals surface area contributed by atoms with Crippen LogP contribution in [0.3, 0.4) is 0 Å². The molecule has 1 atom stereocenters. The Morgan fingerprint density at radius 2 is 1.79 bits per heavy atom. The van der Waals surface area contributed by atoms with Crippen molar-refractivity contribution in [3.63, 3.8) is 0 Å². The predicted molar refractivity (Wildman–Crippen MR) is 76.6 cm³/mol. The Balaban J connectivity index is 2.80. The minimum Gasteiger partial charge on any atom is -0.300 e. The number of nitrogens with zero attached hydrogens (tertiary/aromatic N) is 1. The molecule has 0 aromatic heterocycles. The van der Waals surface area contributed by atoms with Crippen molar-refractivity contribution < 1.29 is 13.2 Å². The summed E-state index contributed by atoms with van der Waals surface area (Å²) in [5.41, 5.74) is 1.02. The first-order valence-electron chi connectivity index (χ1n) is 6.27. The highest BCUT2D eigenvalue weighted by molar-refractivity contribution is 7.89. The van der Waals surface area contributed by atoms with Crippen LogP contribution in [0.5, 0.6) is 0 Å². The number of carbonyl (C=O) groups excluding carboxylic acids is 1. The first-order chi connectivity index (χ1) is 8.83. The molecule has 0 radical (unpaired) electrons. The molecule has 1 aromatic rings. The molecule has 0 saturated carbocycles. The van der Waals surface area contributed by atoms with Gasteiger partial charge in [-0.25, -0.2) is 12.7 Å². The molecule has 19 heavy (non-hydrogen) atoms. The molecule has 1 unspecified atom stereocenters. The zero-order valence-electron chi connectivity index (χ0n) is 11.7. The van der Waals surface area contributed by atoms with E-state index in [0.717, 1.165) is 5.56 Å². The van der Waals surface area contributed by atoms with Gasteiger partial charge >= 0.3 is 0 Å². The number of sulfonamides is 1. The Hall–Kier alpha value is -1.20. The van der Waals surface area contributed by atoms with E-state index in [1.807, 2.05) is 30.3 Å². The van der Waals surface area contributed by atoms with E-state index in [2.05, 4.69) is 0 Å². The van der Waals surface area contributed by atoms with Gasteiger partial charge in [0.15, 0.2) is 0 Å². The maximum Gasteiger partial charge on any atom is 0.213 e. The van der Waals surface area contributed by atoms with Crippen molar-refractivity contribution in [2.24, 2.45) is 0 Å². The predicted octanol–water partition coefficient (Wildman–Crippen LogP) is 2.03. The molecule has 1 rings (SSSR count). The van der Waals surface area contributed by atoms with Crippen LogP contribution in [0, 0.1) is 0 Å². The Morgan fingerprint density at radius 3 is 2.26 bits per heavy atom. The molecule has 1 aromatic carbocycles. The van der Waals surface area contributed by atoms with Crippen LogP contribution >= 0.6 is 0 Å². The normalized spacial score (nSPS) is 13.5. The Morgan fingerprint density at radius 1 is 1.21 bits per heavy atom. The number of hydrogen-bond donors (Lipinski definition) is 0. The third-order valence-electron chi connectivity index (χ3n) is 3.09. The zero-order valence-corrected chi connectivity index (χ0v) is 12.5. The van der Waals surface area contributed by atoms with E-state index in [-0.39, 0.29) is 17.5 Å². The minimum atomic E-state index is -3.22. The van der Waals surface area contributed by atoms with E-state index in [1.165, 1.54) is 25.3 Å². The quantitative estimate of drug-likeness (QED) is 0.769. The molecule has 0 N–H and O–H groups in total. The minimum absolute atomic E-state index is 0.0339. The molecule has 0 heterocycles. The summed E-state index contributed by atoms with van der Waals surface area (Å²) in [7, 11) is -0.164. The number of rotatable bonds is 7. The fourth-order valence-electron chi connectivity index (χ4n) is 1.93. The van der Waals surface area contributed by atoms with Gasteiger partial charge in [-0.2, -0.15) is 0 Å². The average molecular weight is 283 g/mol. The molecule has 0 saturated heterocycles. The van der Waals surface area contributed by atoms with Crippen molar-refractivity contribution in [3.8, 4) is 0 Å². The third-order valence-corrected chi connectivity index (χ3v) is 4.95. The van der Waals surface area contributed by atoms with Crippen LogP contribution in [-0.2, 0) is 14.8 Å². The first-order valence-corrected chi connectivity index (χ1v) is 7.88. The number of Topliss-reactive ketones (excluding diaryl/α,β-unsaturated/α-hetero) is 1. The summed E-state index contributed by atoms with van der Waals surface area (Å²) >= 11 is 0. The van der Waals surface area contributed by atoms with Gasteiger partial charge in [0.05, 0.1) is 5.75 Å². The molecule has 0 bridgehead atoms. The second-order valence-corrected chi connectivity index (χ2v) is 7.20. The van der Waals surface area contributed by atoms with Gasteiger partial charge in [0.25, 0.3) is 0 Å². The van der Waals surface area contributed by atoms with Gasteiger partial charge in [-0.3, -0.25) is 0 Å². The van der Waals surface area contributed by atoms with Gasteiger partial charge < -0.3 is 4.79 Å². The van der Waals surface area contributed by atoms with Gasteiger partial charge in [0.2, 0.25) is 10.0 Å². The summed E-state index contributed by atoms with van der Waals surface area (Å²) in [6.45, 7) is 1.54. The molecular formula is C14H21NO3S. The van der Waals surface area contributed by atoms with E-state index in [0.29, 0.717) is 12.8 Å². The van der Waals surface area contributed by atoms with E-state index in [1.54, 1.807) is 0 Å². The highest BCUT2D eigenvalue weighted by atomic mass is 32.2. The third kappa shape index (κ3) is 5.12. The highest BCUT2D eigenvalue weighted by Crippen LogP contribution is 2.24. The summed E-state index contributed by atoms with van der Waals surface area (Å²) in [6.07, 6.45) is 0.844. The molecule has 0 aliphatic carbocycles. The van der Waals surface area contributed by atoms with E-state index >= 15 is 0 Å². The van der Waals surface area contributed by atoms with Crippen molar-refractivity contribution in [2.45, 2.75) is 25.7 Å². The molecule has 106 valence electrons. The van der Waals surface area contributed by atoms with Crippen molar-refractivity contribution in [1.82, 2.24) is 4.31 Å². The molecule has 4 nitrogen and oxygen atoms in total. The molecule has 5 heteroatoms. The van der Waals surface area contributed by atoms with Crippen LogP contribution < -0.4 is 0 Å². The smallest absolute Gasteiger partial charge is 0.213 e. The van der Waals surface area contributed by atoms with Crippen LogP contribution in [0.4, 0.5) is 0 Å². The number of carbonyl (C=O) groups is 1. The lowest BCUT2D eigenvalue weighted by molar-refractivity contribution is -0.117. The summed E-state index contributed by atoms with van der Waals surface area (Å²) in [4.78, 5) is 11.3. The Bertz CT molecular complexity index is 509. The van der Waals surface area contributed by atoms with Gasteiger partial charge in [0.1, 0.15) is 5.78 Å². The summed E-state index contributed by atoms with van der Waals surface area (Å²) in [5, 5.41) is 0. The number of hydrogen-bond acceptors (Lipinski definition) is 3. The summed E-state index contributed by atoms with van der Waals surface area (Å²) in [6, 6.07) is 9.60. The van der Waals surface area contributed by atoms with Crippen molar-refractivity contribution in [3.05, 3.63) is 35.9 Å². The maximum atomic E-state index is 11.8. The summed E-state index contributed by atoms with van der Waals surface area (Å²) < 4.78 is 24.8. The lowest BCUT2D eigenvalue weighted by Crippen LogP contribution is -2.26. The van der Waals surface area contributed by atoms with Gasteiger partial charge in [-0.15, -0.1) is 0 Å². The first kappa shape index (κ1) is 15.9. The standard InChI is InChI=1S/C14H21NO3S/c1-12(16)11-14(13-7-5-4-6-8-13)9-10-19(17,18)15(2)3/h4-8,14H,9-11H2,1-3H3. The largest absolute Gasteiger partial charge is 0.300 e. The van der Waals surface area contributed by atoms with E-state index in [4.69, 9.17) is 0 Å². The van der Waals surface area contributed by atoms with Crippen LogP contribution in [-0.4, -0.2) is 38.4 Å². The molecule has 0 amide bonds. The van der Waals surface area contributed by atoms with Crippen molar-refractivity contribution in [2.75, 3.05) is 19.8 Å². The SMILES string of the molecule is CC(=O)CC(CCS(=O)(=O)N(C)C)c1ccccc1. The van der Waals surface area contributed by atoms with Crippen molar-refractivity contribution >= 4 is 15.8 Å². The Labute approximate surface area is 115 Å². The number of benzene rings is 1. The van der Waals surface area contributed by atoms with Gasteiger partial charge in [0, 0.05) is 20.5 Å². The molecule has 0 aliphatic heterocycles. The lowest BCUT2D eigenvalue weighted by atomic mass is 9.92. The van der Waals surface area contributed by atoms with E-state index < -0.39 is 10.0 Å². The topological polar surface area (TPSA) is 54.5 Å². The van der Waals surface area contributed by atoms with Crippen LogP contribution in [0.25, 0.3) is 0 Å². The summed E-state index contributed by atoms with van der Waals surface area (Å²) in [5.74, 6) is 0.108. The fraction of sp³-hybridized carbons (Fsp3) is 0.500. The van der Waals surface area contributed by atoms with Crippen LogP contribution in [0.2, 0.25) is 0 Å². The number of ketones is 1. The fourth-order valence-corrected chi connectivity index (χ4v) is 2.88. The second-order valence-electron chi connectivity index (χ2n) is 4.90. The molecular weight excluding hydrogens is 262 g/mol. The molecule has 0 aliphatic rings.